The van der Waals surface area contributed by atoms with Gasteiger partial charge in [-0.2, -0.15) is 0 Å². The van der Waals surface area contributed by atoms with Crippen LogP contribution in [0.1, 0.15) is 17.3 Å². The van der Waals surface area contributed by atoms with Gasteiger partial charge in [0.25, 0.3) is 0 Å². The number of hydrogen-bond donors (Lipinski definition) is 0. The molecule has 1 aromatic rings. The molecule has 0 saturated heterocycles. The summed E-state index contributed by atoms with van der Waals surface area (Å²) in [6.45, 7) is 1.91. The highest BCUT2D eigenvalue weighted by Crippen LogP contribution is 2.27. The van der Waals surface area contributed by atoms with Crippen LogP contribution in [-0.4, -0.2) is 11.2 Å². The van der Waals surface area contributed by atoms with Crippen molar-refractivity contribution >= 4 is 17.4 Å². The summed E-state index contributed by atoms with van der Waals surface area (Å²) in [7, 11) is 0. The zero-order valence-corrected chi connectivity index (χ0v) is 9.82. The van der Waals surface area contributed by atoms with Crippen molar-refractivity contribution in [2.24, 2.45) is 5.92 Å². The minimum atomic E-state index is -0.153. The van der Waals surface area contributed by atoms with Crippen molar-refractivity contribution in [3.05, 3.63) is 59.7 Å². The molecule has 0 heterocycles. The normalized spacial score (nSPS) is 20.6. The zero-order valence-electron chi connectivity index (χ0n) is 9.06. The Balaban J connectivity index is 2.18. The lowest BCUT2D eigenvalue weighted by Crippen LogP contribution is -2.17. The van der Waals surface area contributed by atoms with E-state index in [2.05, 4.69) is 0 Å². The van der Waals surface area contributed by atoms with Gasteiger partial charge in [-0.05, 0) is 5.57 Å². The van der Waals surface area contributed by atoms with Crippen LogP contribution < -0.4 is 0 Å². The van der Waals surface area contributed by atoms with Gasteiger partial charge in [0.15, 0.2) is 5.78 Å². The Labute approximate surface area is 100 Å². The quantitative estimate of drug-likeness (QED) is 0.575. The molecule has 0 spiro atoms. The lowest BCUT2D eigenvalue weighted by atomic mass is 9.91. The van der Waals surface area contributed by atoms with Crippen LogP contribution in [0.4, 0.5) is 0 Å². The summed E-state index contributed by atoms with van der Waals surface area (Å²) in [5.41, 5.74) is 1.72. The Bertz CT molecular complexity index is 445. The van der Waals surface area contributed by atoms with Crippen LogP contribution in [0.2, 0.25) is 0 Å². The highest BCUT2D eigenvalue weighted by Gasteiger charge is 2.24. The molecular weight excluding hydrogens is 220 g/mol. The van der Waals surface area contributed by atoms with Gasteiger partial charge in [0, 0.05) is 11.5 Å². The molecule has 16 heavy (non-hydrogen) atoms. The van der Waals surface area contributed by atoms with Gasteiger partial charge in [0.1, 0.15) is 0 Å². The molecular formula is C14H13ClO. The van der Waals surface area contributed by atoms with Gasteiger partial charge in [-0.25, -0.2) is 0 Å². The van der Waals surface area contributed by atoms with Gasteiger partial charge in [-0.3, -0.25) is 4.79 Å². The number of carbonyl (C=O) groups excluding carboxylic acids is 1. The summed E-state index contributed by atoms with van der Waals surface area (Å²) in [6.07, 6.45) is 5.73. The lowest BCUT2D eigenvalue weighted by Gasteiger charge is -2.14. The first-order valence-corrected chi connectivity index (χ1v) is 5.75. The first kappa shape index (κ1) is 11.2. The van der Waals surface area contributed by atoms with E-state index in [-0.39, 0.29) is 17.1 Å². The van der Waals surface area contributed by atoms with E-state index in [0.717, 1.165) is 11.1 Å². The van der Waals surface area contributed by atoms with Crippen molar-refractivity contribution in [1.82, 2.24) is 0 Å². The third-order valence-electron chi connectivity index (χ3n) is 2.84. The number of halogens is 1. The van der Waals surface area contributed by atoms with Crippen molar-refractivity contribution in [3.63, 3.8) is 0 Å². The maximum absolute atomic E-state index is 12.1. The highest BCUT2D eigenvalue weighted by molar-refractivity contribution is 6.24. The Morgan fingerprint density at radius 2 is 2.00 bits per heavy atom. The summed E-state index contributed by atoms with van der Waals surface area (Å²) in [5, 5.41) is -0.136. The number of benzene rings is 1. The van der Waals surface area contributed by atoms with Crippen molar-refractivity contribution in [1.29, 1.82) is 0 Å². The number of Topliss-reactive ketones (excluding diaryl/α,β-unsaturated/α-hetero) is 1. The Kier molecular flexibility index (Phi) is 3.25. The molecule has 1 nitrogen and oxygen atoms in total. The summed E-state index contributed by atoms with van der Waals surface area (Å²) in [6, 6.07) is 9.33. The number of alkyl halides is 1. The minimum absolute atomic E-state index is 0.126. The molecule has 1 aliphatic carbocycles. The van der Waals surface area contributed by atoms with Gasteiger partial charge in [0.05, 0.1) is 5.38 Å². The van der Waals surface area contributed by atoms with E-state index in [0.29, 0.717) is 0 Å². The van der Waals surface area contributed by atoms with Crippen LogP contribution in [0, 0.1) is 5.92 Å². The predicted molar refractivity (Wildman–Crippen MR) is 66.8 cm³/mol. The van der Waals surface area contributed by atoms with Crippen molar-refractivity contribution < 1.29 is 4.79 Å². The number of rotatable bonds is 3. The van der Waals surface area contributed by atoms with Gasteiger partial charge in [0.2, 0.25) is 0 Å². The molecule has 0 bridgehead atoms. The first-order chi connectivity index (χ1) is 7.70. The molecule has 2 rings (SSSR count). The third kappa shape index (κ3) is 2.10. The lowest BCUT2D eigenvalue weighted by molar-refractivity contribution is 0.0947. The van der Waals surface area contributed by atoms with Crippen LogP contribution in [0.25, 0.3) is 0 Å². The number of hydrogen-bond acceptors (Lipinski definition) is 1. The maximum atomic E-state index is 12.1. The topological polar surface area (TPSA) is 17.1 Å². The van der Waals surface area contributed by atoms with Gasteiger partial charge < -0.3 is 0 Å². The molecule has 82 valence electrons. The molecule has 2 heteroatoms. The first-order valence-electron chi connectivity index (χ1n) is 5.32. The van der Waals surface area contributed by atoms with Crippen LogP contribution in [0.3, 0.4) is 0 Å². The van der Waals surface area contributed by atoms with E-state index in [1.807, 2.05) is 55.5 Å². The summed E-state index contributed by atoms with van der Waals surface area (Å²) < 4.78 is 0. The van der Waals surface area contributed by atoms with Crippen molar-refractivity contribution in [2.75, 3.05) is 0 Å². The number of carbonyl (C=O) groups is 1. The monoisotopic (exact) mass is 232 g/mol. The van der Waals surface area contributed by atoms with E-state index < -0.39 is 0 Å². The molecule has 0 N–H and O–H groups in total. The minimum Gasteiger partial charge on any atom is -0.294 e. The molecule has 0 aliphatic heterocycles. The second-order valence-corrected chi connectivity index (χ2v) is 4.38. The molecule has 0 fully saturated rings. The predicted octanol–water partition coefficient (Wildman–Crippen LogP) is 3.61. The second-order valence-electron chi connectivity index (χ2n) is 3.91. The molecule has 0 amide bonds. The van der Waals surface area contributed by atoms with E-state index in [4.69, 9.17) is 11.6 Å². The average Bonchev–Trinajstić information content (AvgIpc) is 2.75. The van der Waals surface area contributed by atoms with E-state index >= 15 is 0 Å². The fraction of sp³-hybridized carbons (Fsp3) is 0.214. The maximum Gasteiger partial charge on any atom is 0.169 e. The van der Waals surface area contributed by atoms with E-state index in [9.17, 15) is 4.79 Å². The molecule has 0 aromatic heterocycles. The van der Waals surface area contributed by atoms with Gasteiger partial charge >= 0.3 is 0 Å². The fourth-order valence-electron chi connectivity index (χ4n) is 1.85. The largest absolute Gasteiger partial charge is 0.294 e. The zero-order chi connectivity index (χ0) is 11.5. The molecule has 2 atom stereocenters. The van der Waals surface area contributed by atoms with Crippen LogP contribution in [-0.2, 0) is 0 Å². The Morgan fingerprint density at radius 3 is 2.56 bits per heavy atom. The number of ketones is 1. The summed E-state index contributed by atoms with van der Waals surface area (Å²) in [4.78, 5) is 12.1. The molecule has 1 aromatic carbocycles. The Morgan fingerprint density at radius 1 is 1.31 bits per heavy atom. The van der Waals surface area contributed by atoms with Crippen LogP contribution in [0.15, 0.2) is 54.1 Å². The number of allylic oxidation sites excluding steroid dienone is 4. The smallest absolute Gasteiger partial charge is 0.169 e. The summed E-state index contributed by atoms with van der Waals surface area (Å²) >= 11 is 6.10. The van der Waals surface area contributed by atoms with Crippen LogP contribution >= 0.6 is 11.6 Å². The van der Waals surface area contributed by atoms with Crippen molar-refractivity contribution in [2.45, 2.75) is 12.3 Å². The standard InChI is InChI=1S/C14H13ClO/c1-10(12-8-5-9-13(12)15)14(16)11-6-3-2-4-7-11/h2-10,13H,1H3. The van der Waals surface area contributed by atoms with Crippen molar-refractivity contribution in [3.8, 4) is 0 Å². The highest BCUT2D eigenvalue weighted by atomic mass is 35.5. The molecule has 0 saturated carbocycles. The van der Waals surface area contributed by atoms with Gasteiger partial charge in [-0.15, -0.1) is 11.6 Å². The van der Waals surface area contributed by atoms with E-state index in [1.165, 1.54) is 0 Å². The summed E-state index contributed by atoms with van der Waals surface area (Å²) in [5.74, 6) is -0.0268. The second kappa shape index (κ2) is 4.67. The van der Waals surface area contributed by atoms with E-state index in [1.54, 1.807) is 0 Å². The molecule has 2 unspecified atom stereocenters. The fourth-order valence-corrected chi connectivity index (χ4v) is 2.20. The Hall–Kier alpha value is -1.34. The SMILES string of the molecule is CC(C(=O)c1ccccc1)C1=CC=CC1Cl. The van der Waals surface area contributed by atoms with Crippen LogP contribution in [0.5, 0.6) is 0 Å². The molecule has 0 radical (unpaired) electrons. The third-order valence-corrected chi connectivity index (χ3v) is 3.24. The average molecular weight is 233 g/mol. The van der Waals surface area contributed by atoms with Gasteiger partial charge in [-0.1, -0.05) is 55.5 Å². The molecule has 1 aliphatic rings.